The standard InChI is InChI=1S/C21H27N7O3/c1-13-4-6-27(21(31)26-9-7-25(8-10-26)14(2)29)12-17(13)28-18-15-3-5-22-19(15)23-11-16(18)24-20(28)30/h3,5,11,13,17H,4,6-10,12H2,1-2H3,(H,22,23)(H,24,30)/t13-,17+/m1/s1. The highest BCUT2D eigenvalue weighted by Crippen LogP contribution is 2.31. The molecule has 2 aliphatic heterocycles. The normalized spacial score (nSPS) is 22.5. The van der Waals surface area contributed by atoms with Gasteiger partial charge in [-0.3, -0.25) is 9.36 Å². The molecule has 0 saturated carbocycles. The fraction of sp³-hybridized carbons (Fsp3) is 0.524. The first-order valence-electron chi connectivity index (χ1n) is 10.8. The Hall–Kier alpha value is -3.30. The molecule has 164 valence electrons. The zero-order valence-electron chi connectivity index (χ0n) is 17.8. The van der Waals surface area contributed by atoms with Crippen molar-refractivity contribution in [2.45, 2.75) is 26.3 Å². The molecule has 2 N–H and O–H groups in total. The van der Waals surface area contributed by atoms with Crippen molar-refractivity contribution in [3.63, 3.8) is 0 Å². The number of pyridine rings is 1. The van der Waals surface area contributed by atoms with E-state index < -0.39 is 0 Å². The van der Waals surface area contributed by atoms with Gasteiger partial charge in [0.1, 0.15) is 5.65 Å². The highest BCUT2D eigenvalue weighted by Gasteiger charge is 2.35. The molecule has 2 fully saturated rings. The minimum absolute atomic E-state index is 0.0125. The number of carbonyl (C=O) groups excluding carboxylic acids is 2. The maximum atomic E-state index is 13.2. The monoisotopic (exact) mass is 425 g/mol. The summed E-state index contributed by atoms with van der Waals surface area (Å²) in [6.07, 6.45) is 4.32. The van der Waals surface area contributed by atoms with Gasteiger partial charge in [0.25, 0.3) is 0 Å². The molecule has 5 heterocycles. The molecule has 0 aliphatic carbocycles. The first kappa shape index (κ1) is 19.7. The number of aromatic amines is 2. The van der Waals surface area contributed by atoms with E-state index in [9.17, 15) is 14.4 Å². The van der Waals surface area contributed by atoms with Crippen molar-refractivity contribution in [1.29, 1.82) is 0 Å². The van der Waals surface area contributed by atoms with Crippen molar-refractivity contribution in [2.24, 2.45) is 5.92 Å². The van der Waals surface area contributed by atoms with Gasteiger partial charge in [-0.2, -0.15) is 0 Å². The lowest BCUT2D eigenvalue weighted by Crippen LogP contribution is -2.56. The van der Waals surface area contributed by atoms with Gasteiger partial charge in [-0.25, -0.2) is 14.6 Å². The van der Waals surface area contributed by atoms with Crippen LogP contribution in [-0.4, -0.2) is 85.4 Å². The lowest BCUT2D eigenvalue weighted by Gasteiger charge is -2.42. The van der Waals surface area contributed by atoms with Crippen LogP contribution < -0.4 is 5.69 Å². The van der Waals surface area contributed by atoms with Crippen LogP contribution in [0.3, 0.4) is 0 Å². The summed E-state index contributed by atoms with van der Waals surface area (Å²) in [5.41, 5.74) is 2.09. The van der Waals surface area contributed by atoms with Crippen molar-refractivity contribution in [1.82, 2.24) is 34.2 Å². The SMILES string of the molecule is CC(=O)N1CCN(C(=O)N2CC[C@@H](C)[C@@H](n3c(=O)[nH]c4cnc5[nH]ccc5c43)C2)CC1. The van der Waals surface area contributed by atoms with E-state index in [-0.39, 0.29) is 29.6 Å². The highest BCUT2D eigenvalue weighted by molar-refractivity contribution is 6.01. The first-order chi connectivity index (χ1) is 14.9. The highest BCUT2D eigenvalue weighted by atomic mass is 16.2. The lowest BCUT2D eigenvalue weighted by molar-refractivity contribution is -0.130. The molecule has 0 bridgehead atoms. The summed E-state index contributed by atoms with van der Waals surface area (Å²) in [5.74, 6) is 0.292. The molecule has 0 radical (unpaired) electrons. The van der Waals surface area contributed by atoms with E-state index in [4.69, 9.17) is 0 Å². The Morgan fingerprint density at radius 1 is 1.10 bits per heavy atom. The van der Waals surface area contributed by atoms with Crippen molar-refractivity contribution in [2.75, 3.05) is 39.3 Å². The van der Waals surface area contributed by atoms with Gasteiger partial charge in [-0.05, 0) is 18.4 Å². The Balaban J connectivity index is 1.43. The number of hydrogen-bond donors (Lipinski definition) is 2. The topological polar surface area (TPSA) is 110 Å². The molecule has 3 aromatic heterocycles. The maximum Gasteiger partial charge on any atom is 0.326 e. The summed E-state index contributed by atoms with van der Waals surface area (Å²) in [6, 6.07) is 1.79. The summed E-state index contributed by atoms with van der Waals surface area (Å²) in [4.78, 5) is 53.6. The Morgan fingerprint density at radius 3 is 2.58 bits per heavy atom. The number of carbonyl (C=O) groups is 2. The summed E-state index contributed by atoms with van der Waals surface area (Å²) in [7, 11) is 0. The van der Waals surface area contributed by atoms with Crippen molar-refractivity contribution in [3.05, 3.63) is 28.9 Å². The van der Waals surface area contributed by atoms with Crippen LogP contribution in [0.4, 0.5) is 4.79 Å². The number of imidazole rings is 1. The van der Waals surface area contributed by atoms with Gasteiger partial charge >= 0.3 is 11.7 Å². The number of rotatable bonds is 1. The van der Waals surface area contributed by atoms with Crippen molar-refractivity contribution >= 4 is 34.0 Å². The second-order valence-corrected chi connectivity index (χ2v) is 8.62. The van der Waals surface area contributed by atoms with Gasteiger partial charge in [0.15, 0.2) is 0 Å². The Bertz CT molecular complexity index is 1200. The molecule has 0 spiro atoms. The number of likely N-dealkylation sites (tertiary alicyclic amines) is 1. The third-order valence-electron chi connectivity index (χ3n) is 6.78. The molecular weight excluding hydrogens is 398 g/mol. The Labute approximate surface area is 178 Å². The zero-order valence-corrected chi connectivity index (χ0v) is 17.8. The van der Waals surface area contributed by atoms with Crippen LogP contribution in [0.25, 0.3) is 22.1 Å². The van der Waals surface area contributed by atoms with E-state index in [0.717, 1.165) is 23.0 Å². The predicted octanol–water partition coefficient (Wildman–Crippen LogP) is 1.37. The fourth-order valence-corrected chi connectivity index (χ4v) is 4.91. The molecule has 2 saturated heterocycles. The zero-order chi connectivity index (χ0) is 21.7. The van der Waals surface area contributed by atoms with Crippen LogP contribution in [0.5, 0.6) is 0 Å². The van der Waals surface area contributed by atoms with Gasteiger partial charge in [0.2, 0.25) is 5.91 Å². The Kier molecular flexibility index (Phi) is 4.71. The van der Waals surface area contributed by atoms with E-state index in [1.54, 1.807) is 18.0 Å². The number of H-pyrrole nitrogens is 2. The second kappa shape index (κ2) is 7.44. The molecule has 2 atom stereocenters. The number of amides is 3. The van der Waals surface area contributed by atoms with Crippen LogP contribution in [0.1, 0.15) is 26.3 Å². The maximum absolute atomic E-state index is 13.2. The average molecular weight is 425 g/mol. The average Bonchev–Trinajstić information content (AvgIpc) is 3.37. The number of aromatic nitrogens is 4. The van der Waals surface area contributed by atoms with Gasteiger partial charge in [-0.15, -0.1) is 0 Å². The van der Waals surface area contributed by atoms with Gasteiger partial charge in [0, 0.05) is 57.8 Å². The van der Waals surface area contributed by atoms with Crippen LogP contribution in [0.15, 0.2) is 23.3 Å². The van der Waals surface area contributed by atoms with Gasteiger partial charge in [0.05, 0.1) is 23.3 Å². The van der Waals surface area contributed by atoms with Crippen molar-refractivity contribution < 1.29 is 9.59 Å². The van der Waals surface area contributed by atoms with Crippen molar-refractivity contribution in [3.8, 4) is 0 Å². The molecule has 10 heteroatoms. The van der Waals surface area contributed by atoms with Crippen LogP contribution in [0.2, 0.25) is 0 Å². The van der Waals surface area contributed by atoms with Gasteiger partial charge in [-0.1, -0.05) is 6.92 Å². The predicted molar refractivity (Wildman–Crippen MR) is 116 cm³/mol. The third-order valence-corrected chi connectivity index (χ3v) is 6.78. The number of urea groups is 1. The van der Waals surface area contributed by atoms with Gasteiger partial charge < -0.3 is 24.7 Å². The number of nitrogens with one attached hydrogen (secondary N) is 2. The second-order valence-electron chi connectivity index (χ2n) is 8.62. The Morgan fingerprint density at radius 2 is 1.84 bits per heavy atom. The lowest BCUT2D eigenvalue weighted by atomic mass is 9.93. The molecule has 3 aromatic rings. The van der Waals surface area contributed by atoms with E-state index in [2.05, 4.69) is 21.9 Å². The summed E-state index contributed by atoms with van der Waals surface area (Å²) in [6.45, 7) is 7.05. The molecule has 31 heavy (non-hydrogen) atoms. The van der Waals surface area contributed by atoms with E-state index in [1.165, 1.54) is 0 Å². The molecule has 2 aliphatic rings. The smallest absolute Gasteiger partial charge is 0.326 e. The summed E-state index contributed by atoms with van der Waals surface area (Å²) < 4.78 is 1.81. The summed E-state index contributed by atoms with van der Waals surface area (Å²) in [5, 5.41) is 0.895. The number of fused-ring (bicyclic) bond motifs is 3. The minimum atomic E-state index is -0.174. The molecular formula is C21H27N7O3. The van der Waals surface area contributed by atoms with Crippen LogP contribution in [0, 0.1) is 5.92 Å². The van der Waals surface area contributed by atoms with Crippen LogP contribution in [-0.2, 0) is 4.79 Å². The molecule has 0 aromatic carbocycles. The third kappa shape index (κ3) is 3.26. The molecule has 10 nitrogen and oxygen atoms in total. The molecule has 5 rings (SSSR count). The molecule has 0 unspecified atom stereocenters. The fourth-order valence-electron chi connectivity index (χ4n) is 4.91. The minimum Gasteiger partial charge on any atom is -0.346 e. The largest absolute Gasteiger partial charge is 0.346 e. The first-order valence-corrected chi connectivity index (χ1v) is 10.8. The number of nitrogens with zero attached hydrogens (tertiary/aromatic N) is 5. The van der Waals surface area contributed by atoms with E-state index in [1.807, 2.05) is 26.6 Å². The van der Waals surface area contributed by atoms with Crippen LogP contribution >= 0.6 is 0 Å². The number of piperidine rings is 1. The van der Waals surface area contributed by atoms with E-state index >= 15 is 0 Å². The summed E-state index contributed by atoms with van der Waals surface area (Å²) >= 11 is 0. The number of hydrogen-bond acceptors (Lipinski definition) is 4. The molecule has 3 amide bonds. The quantitative estimate of drug-likeness (QED) is 0.614. The number of piperazine rings is 1. The van der Waals surface area contributed by atoms with E-state index in [0.29, 0.717) is 44.8 Å².